The largest absolute Gasteiger partial charge is 0.508 e. The third kappa shape index (κ3) is 11.2. The summed E-state index contributed by atoms with van der Waals surface area (Å²) in [4.78, 5) is 52.4. The maximum absolute atomic E-state index is 13.7. The van der Waals surface area contributed by atoms with Gasteiger partial charge in [0.15, 0.2) is 0 Å². The fourth-order valence-corrected chi connectivity index (χ4v) is 5.65. The predicted octanol–water partition coefficient (Wildman–Crippen LogP) is 3.85. The number of methoxy groups -OCH3 is 1. The van der Waals surface area contributed by atoms with E-state index in [1.807, 2.05) is 12.1 Å². The van der Waals surface area contributed by atoms with Crippen molar-refractivity contribution in [3.63, 3.8) is 0 Å². The topological polar surface area (TPSA) is 157 Å². The highest BCUT2D eigenvalue weighted by molar-refractivity contribution is 5.93. The van der Waals surface area contributed by atoms with E-state index < -0.39 is 41.8 Å². The molecule has 256 valence electrons. The van der Waals surface area contributed by atoms with Crippen LogP contribution < -0.4 is 16.1 Å². The lowest BCUT2D eigenvalue weighted by Crippen LogP contribution is -2.62. The normalized spacial score (nSPS) is 17.6. The molecule has 11 heteroatoms. The van der Waals surface area contributed by atoms with E-state index in [1.54, 1.807) is 40.0 Å². The van der Waals surface area contributed by atoms with Gasteiger partial charge in [-0.3, -0.25) is 24.2 Å². The van der Waals surface area contributed by atoms with Gasteiger partial charge in [-0.25, -0.2) is 5.43 Å². The van der Waals surface area contributed by atoms with Crippen LogP contribution in [0, 0.1) is 11.8 Å². The number of allylic oxidation sites excluding steroid dienone is 1. The number of ether oxygens (including phenoxy) is 1. The van der Waals surface area contributed by atoms with Crippen LogP contribution in [-0.4, -0.2) is 76.8 Å². The van der Waals surface area contributed by atoms with Crippen LogP contribution in [0.2, 0.25) is 0 Å². The van der Waals surface area contributed by atoms with Gasteiger partial charge in [0, 0.05) is 20.1 Å². The van der Waals surface area contributed by atoms with Crippen LogP contribution in [0.25, 0.3) is 6.08 Å². The fraction of sp³-hybridized carbons (Fsp3) is 0.500. The standard InChI is InChI=1S/C36H50N4O7/c1-6-25-13-9-14-26(20-25)12-7-8-18-31(47-5)24(4)33(42)38-32(23(2)3)34(43)37-30(22-27-15-10-16-28(41)21-27)35(44)40-19-11-17-29(39-40)36(45)46/h7,9-10,12-16,20-21,23-24,29-32,39,41H,6,8,11,17-19,22H2,1-5H3,(H,37,43)(H,38,42)(H,45,46)/b12-7+. The summed E-state index contributed by atoms with van der Waals surface area (Å²) in [5.41, 5.74) is 5.74. The average molecular weight is 651 g/mol. The maximum Gasteiger partial charge on any atom is 0.322 e. The number of carboxylic acids is 1. The summed E-state index contributed by atoms with van der Waals surface area (Å²) in [6.07, 6.45) is 6.91. The van der Waals surface area contributed by atoms with Crippen molar-refractivity contribution in [1.82, 2.24) is 21.1 Å². The molecule has 0 bridgehead atoms. The van der Waals surface area contributed by atoms with Gasteiger partial charge in [0.2, 0.25) is 11.8 Å². The van der Waals surface area contributed by atoms with Gasteiger partial charge < -0.3 is 25.6 Å². The summed E-state index contributed by atoms with van der Waals surface area (Å²) < 4.78 is 5.67. The second kappa shape index (κ2) is 18.2. The molecule has 0 saturated carbocycles. The molecule has 1 saturated heterocycles. The molecule has 0 spiro atoms. The van der Waals surface area contributed by atoms with E-state index in [4.69, 9.17) is 4.74 Å². The quantitative estimate of drug-likeness (QED) is 0.183. The first-order valence-electron chi connectivity index (χ1n) is 16.4. The van der Waals surface area contributed by atoms with E-state index in [0.29, 0.717) is 31.2 Å². The number of aliphatic carboxylic acids is 1. The Morgan fingerprint density at radius 2 is 1.77 bits per heavy atom. The number of hydrogen-bond donors (Lipinski definition) is 5. The fourth-order valence-electron chi connectivity index (χ4n) is 5.65. The minimum absolute atomic E-state index is 0.0113. The Kier molecular flexibility index (Phi) is 14.4. The number of amides is 3. The van der Waals surface area contributed by atoms with E-state index >= 15 is 0 Å². The first-order valence-corrected chi connectivity index (χ1v) is 16.4. The molecule has 1 heterocycles. The number of nitrogens with one attached hydrogen (secondary N) is 3. The van der Waals surface area contributed by atoms with Crippen molar-refractivity contribution in [3.8, 4) is 5.75 Å². The van der Waals surface area contributed by atoms with Gasteiger partial charge in [0.25, 0.3) is 5.91 Å². The number of phenolic OH excluding ortho intramolecular Hbond substituents is 1. The van der Waals surface area contributed by atoms with Gasteiger partial charge in [-0.15, -0.1) is 0 Å². The Labute approximate surface area is 277 Å². The second-order valence-electron chi connectivity index (χ2n) is 12.5. The van der Waals surface area contributed by atoms with Crippen LogP contribution in [-0.2, 0) is 36.8 Å². The van der Waals surface area contributed by atoms with Crippen LogP contribution in [0.1, 0.15) is 70.1 Å². The van der Waals surface area contributed by atoms with Gasteiger partial charge in [0.05, 0.1) is 12.0 Å². The maximum atomic E-state index is 13.7. The molecule has 1 fully saturated rings. The number of aryl methyl sites for hydroxylation is 1. The summed E-state index contributed by atoms with van der Waals surface area (Å²) in [5.74, 6) is -3.32. The van der Waals surface area contributed by atoms with E-state index in [9.17, 15) is 29.4 Å². The molecule has 2 aromatic carbocycles. The number of phenols is 1. The SMILES string of the molecule is CCc1cccc(/C=C/CCC(OC)C(C)C(=O)NC(C(=O)NC(Cc2cccc(O)c2)C(=O)N2CCCC(C(=O)O)N2)C(C)C)c1. The number of hydrogen-bond acceptors (Lipinski definition) is 7. The highest BCUT2D eigenvalue weighted by Gasteiger charge is 2.35. The first kappa shape index (κ1) is 37.2. The highest BCUT2D eigenvalue weighted by atomic mass is 16.5. The molecule has 5 N–H and O–H groups in total. The number of benzene rings is 2. The van der Waals surface area contributed by atoms with Crippen molar-refractivity contribution >= 4 is 29.8 Å². The molecule has 5 atom stereocenters. The monoisotopic (exact) mass is 650 g/mol. The highest BCUT2D eigenvalue weighted by Crippen LogP contribution is 2.18. The Hall–Kier alpha value is -4.22. The molecular weight excluding hydrogens is 600 g/mol. The molecule has 3 amide bonds. The van der Waals surface area contributed by atoms with Gasteiger partial charge >= 0.3 is 5.97 Å². The number of aromatic hydroxyl groups is 1. The Morgan fingerprint density at radius 3 is 2.43 bits per heavy atom. The number of carbonyl (C=O) groups is 4. The van der Waals surface area contributed by atoms with Gasteiger partial charge in [0.1, 0.15) is 23.9 Å². The van der Waals surface area contributed by atoms with Crippen LogP contribution in [0.5, 0.6) is 5.75 Å². The Bertz CT molecular complexity index is 1390. The molecule has 5 unspecified atom stereocenters. The molecular formula is C36H50N4O7. The van der Waals surface area contributed by atoms with Crippen LogP contribution in [0.15, 0.2) is 54.6 Å². The van der Waals surface area contributed by atoms with E-state index in [-0.39, 0.29) is 36.6 Å². The van der Waals surface area contributed by atoms with Crippen molar-refractivity contribution in [1.29, 1.82) is 0 Å². The van der Waals surface area contributed by atoms with Crippen LogP contribution in [0.4, 0.5) is 0 Å². The number of carboxylic acid groups (broad SMARTS) is 1. The molecule has 1 aliphatic rings. The van der Waals surface area contributed by atoms with Crippen molar-refractivity contribution in [2.45, 2.75) is 90.4 Å². The second-order valence-corrected chi connectivity index (χ2v) is 12.5. The number of hydrazine groups is 1. The van der Waals surface area contributed by atoms with Gasteiger partial charge in [-0.1, -0.05) is 76.2 Å². The molecule has 2 aromatic rings. The van der Waals surface area contributed by atoms with E-state index in [1.165, 1.54) is 22.7 Å². The molecule has 3 rings (SSSR count). The first-order chi connectivity index (χ1) is 22.4. The zero-order chi connectivity index (χ0) is 34.5. The van der Waals surface area contributed by atoms with Crippen molar-refractivity contribution in [2.24, 2.45) is 11.8 Å². The molecule has 47 heavy (non-hydrogen) atoms. The molecule has 0 radical (unpaired) electrons. The lowest BCUT2D eigenvalue weighted by Gasteiger charge is -2.35. The zero-order valence-electron chi connectivity index (χ0n) is 28.1. The van der Waals surface area contributed by atoms with E-state index in [2.05, 4.69) is 47.3 Å². The third-order valence-electron chi connectivity index (χ3n) is 8.52. The molecule has 0 aliphatic carbocycles. The van der Waals surface area contributed by atoms with Gasteiger partial charge in [-0.05, 0) is 66.8 Å². The lowest BCUT2D eigenvalue weighted by molar-refractivity contribution is -0.148. The van der Waals surface area contributed by atoms with Crippen LogP contribution >= 0.6 is 0 Å². The van der Waals surface area contributed by atoms with Crippen molar-refractivity contribution < 1.29 is 34.1 Å². The zero-order valence-corrected chi connectivity index (χ0v) is 28.1. The lowest BCUT2D eigenvalue weighted by atomic mass is 9.96. The summed E-state index contributed by atoms with van der Waals surface area (Å²) in [6.45, 7) is 7.76. The number of nitrogens with zero attached hydrogens (tertiary/aromatic N) is 1. The minimum atomic E-state index is -1.09. The summed E-state index contributed by atoms with van der Waals surface area (Å²) in [5, 5.41) is 26.4. The summed E-state index contributed by atoms with van der Waals surface area (Å²) >= 11 is 0. The summed E-state index contributed by atoms with van der Waals surface area (Å²) in [7, 11) is 1.57. The van der Waals surface area contributed by atoms with Crippen molar-refractivity contribution in [2.75, 3.05) is 13.7 Å². The van der Waals surface area contributed by atoms with Crippen LogP contribution in [0.3, 0.4) is 0 Å². The Balaban J connectivity index is 1.69. The van der Waals surface area contributed by atoms with E-state index in [0.717, 1.165) is 12.0 Å². The van der Waals surface area contributed by atoms with Gasteiger partial charge in [-0.2, -0.15) is 0 Å². The average Bonchev–Trinajstić information content (AvgIpc) is 3.06. The molecule has 0 aromatic heterocycles. The predicted molar refractivity (Wildman–Crippen MR) is 180 cm³/mol. The Morgan fingerprint density at radius 1 is 1.04 bits per heavy atom. The summed E-state index contributed by atoms with van der Waals surface area (Å²) in [6, 6.07) is 11.7. The number of rotatable bonds is 16. The minimum Gasteiger partial charge on any atom is -0.508 e. The molecule has 11 nitrogen and oxygen atoms in total. The number of carbonyl (C=O) groups excluding carboxylic acids is 3. The third-order valence-corrected chi connectivity index (χ3v) is 8.52. The molecule has 1 aliphatic heterocycles. The smallest absolute Gasteiger partial charge is 0.322 e. The van der Waals surface area contributed by atoms with Crippen molar-refractivity contribution in [3.05, 3.63) is 71.3 Å².